The van der Waals surface area contributed by atoms with Crippen LogP contribution >= 0.6 is 31.9 Å². The fourth-order valence-electron chi connectivity index (χ4n) is 3.53. The first-order valence-corrected chi connectivity index (χ1v) is 11.5. The molecule has 0 radical (unpaired) electrons. The number of rotatable bonds is 5. The number of hydrogen-bond donors (Lipinski definition) is 0. The Balaban J connectivity index is 1.96. The van der Waals surface area contributed by atoms with E-state index in [1.54, 1.807) is 21.3 Å². The van der Waals surface area contributed by atoms with Crippen molar-refractivity contribution in [3.63, 3.8) is 0 Å². The maximum Gasteiger partial charge on any atom is 0.244 e. The fourth-order valence-corrected chi connectivity index (χ4v) is 6.69. The highest BCUT2D eigenvalue weighted by molar-refractivity contribution is 9.11. The molecule has 1 saturated carbocycles. The minimum absolute atomic E-state index is 0.0695. The minimum atomic E-state index is -3.64. The molecule has 0 aromatic heterocycles. The molecule has 2 fully saturated rings. The zero-order valence-corrected chi connectivity index (χ0v) is 18.0. The Morgan fingerprint density at radius 3 is 2.64 bits per heavy atom. The molecule has 2 aliphatic rings. The van der Waals surface area contributed by atoms with E-state index >= 15 is 0 Å². The third kappa shape index (κ3) is 3.90. The largest absolute Gasteiger partial charge is 0.306 e. The van der Waals surface area contributed by atoms with Crippen LogP contribution in [0.2, 0.25) is 0 Å². The molecule has 0 N–H and O–H groups in total. The van der Waals surface area contributed by atoms with Gasteiger partial charge in [0.1, 0.15) is 0 Å². The van der Waals surface area contributed by atoms with Crippen LogP contribution in [0.3, 0.4) is 0 Å². The van der Waals surface area contributed by atoms with Gasteiger partial charge < -0.3 is 4.90 Å². The minimum Gasteiger partial charge on any atom is -0.306 e. The molecule has 2 atom stereocenters. The van der Waals surface area contributed by atoms with Crippen LogP contribution in [0.1, 0.15) is 32.6 Å². The molecule has 0 bridgehead atoms. The molecular formula is C17H21Br2N3O2S. The Labute approximate surface area is 166 Å². The van der Waals surface area contributed by atoms with E-state index in [-0.39, 0.29) is 17.0 Å². The summed E-state index contributed by atoms with van der Waals surface area (Å²) in [6.45, 7) is 2.99. The first kappa shape index (κ1) is 19.2. The molecular weight excluding hydrogens is 470 g/mol. The number of likely N-dealkylation sites (tertiary alicyclic amines) is 1. The molecule has 0 amide bonds. The Hall–Kier alpha value is -0.620. The molecule has 0 spiro atoms. The Morgan fingerprint density at radius 1 is 1.36 bits per heavy atom. The summed E-state index contributed by atoms with van der Waals surface area (Å²) in [6.07, 6.45) is 6.20. The first-order chi connectivity index (χ1) is 11.8. The lowest BCUT2D eigenvalue weighted by atomic mass is 9.85. The highest BCUT2D eigenvalue weighted by Crippen LogP contribution is 2.35. The molecule has 3 rings (SSSR count). The molecule has 136 valence electrons. The second-order valence-corrected chi connectivity index (χ2v) is 10.6. The summed E-state index contributed by atoms with van der Waals surface area (Å²) in [4.78, 5) is 1.97. The molecule has 8 heteroatoms. The molecule has 5 nitrogen and oxygen atoms in total. The van der Waals surface area contributed by atoms with E-state index in [1.807, 2.05) is 13.0 Å². The van der Waals surface area contributed by atoms with Gasteiger partial charge >= 0.3 is 0 Å². The van der Waals surface area contributed by atoms with E-state index in [0.717, 1.165) is 17.3 Å². The van der Waals surface area contributed by atoms with Gasteiger partial charge in [0.25, 0.3) is 0 Å². The average Bonchev–Trinajstić information content (AvgIpc) is 2.88. The van der Waals surface area contributed by atoms with Gasteiger partial charge in [0, 0.05) is 34.1 Å². The van der Waals surface area contributed by atoms with E-state index in [4.69, 9.17) is 0 Å². The van der Waals surface area contributed by atoms with Crippen LogP contribution in [-0.4, -0.2) is 42.8 Å². The van der Waals surface area contributed by atoms with Crippen LogP contribution in [0.25, 0.3) is 0 Å². The second kappa shape index (κ2) is 7.55. The quantitative estimate of drug-likeness (QED) is 0.586. The van der Waals surface area contributed by atoms with Gasteiger partial charge in [-0.3, -0.25) is 0 Å². The summed E-state index contributed by atoms with van der Waals surface area (Å²) in [5.41, 5.74) is 0. The summed E-state index contributed by atoms with van der Waals surface area (Å²) in [6, 6.07) is 5.12. The lowest BCUT2D eigenvalue weighted by Gasteiger charge is -2.35. The standard InChI is InChI=1S/C17H21Br2N3O2S/c1-12-7-15(10-21(12)11-20)22(9-13-3-2-4-13)25(23,24)17-8-14(18)5-6-16(17)19/h5-6,8,12-13,15H,2-4,7,9-10H2,1H3/t12-,15?/m0/s1. The fraction of sp³-hybridized carbons (Fsp3) is 0.588. The molecule has 1 aliphatic carbocycles. The van der Waals surface area contributed by atoms with Gasteiger partial charge in [0.2, 0.25) is 10.0 Å². The average molecular weight is 491 g/mol. The van der Waals surface area contributed by atoms with Gasteiger partial charge in [-0.15, -0.1) is 0 Å². The van der Waals surface area contributed by atoms with Crippen molar-refractivity contribution in [2.45, 2.75) is 49.6 Å². The van der Waals surface area contributed by atoms with E-state index in [0.29, 0.717) is 29.9 Å². The van der Waals surface area contributed by atoms with Gasteiger partial charge in [-0.05, 0) is 66.2 Å². The Morgan fingerprint density at radius 2 is 2.08 bits per heavy atom. The van der Waals surface area contributed by atoms with E-state index in [2.05, 4.69) is 38.1 Å². The molecule has 1 saturated heterocycles. The number of sulfonamides is 1. The van der Waals surface area contributed by atoms with Crippen molar-refractivity contribution in [2.24, 2.45) is 5.92 Å². The normalized spacial score (nSPS) is 24.4. The SMILES string of the molecule is C[C@H]1CC(N(CC2CCC2)S(=O)(=O)c2cc(Br)ccc2Br)CN1C#N. The Bertz CT molecular complexity index is 790. The van der Waals surface area contributed by atoms with Crippen LogP contribution < -0.4 is 0 Å². The molecule has 1 aliphatic heterocycles. The summed E-state index contributed by atoms with van der Waals surface area (Å²) in [5.74, 6) is 0.423. The van der Waals surface area contributed by atoms with Crippen LogP contribution in [-0.2, 0) is 10.0 Å². The summed E-state index contributed by atoms with van der Waals surface area (Å²) in [7, 11) is -3.64. The number of halogens is 2. The third-order valence-electron chi connectivity index (χ3n) is 5.23. The highest BCUT2D eigenvalue weighted by Gasteiger charge is 2.41. The maximum absolute atomic E-state index is 13.4. The third-order valence-corrected chi connectivity index (χ3v) is 8.64. The Kier molecular flexibility index (Phi) is 5.78. The zero-order chi connectivity index (χ0) is 18.2. The number of benzene rings is 1. The van der Waals surface area contributed by atoms with Crippen LogP contribution in [0, 0.1) is 17.4 Å². The van der Waals surface area contributed by atoms with E-state index in [9.17, 15) is 13.7 Å². The molecule has 1 aromatic carbocycles. The van der Waals surface area contributed by atoms with Gasteiger partial charge in [-0.25, -0.2) is 8.42 Å². The molecule has 1 unspecified atom stereocenters. The van der Waals surface area contributed by atoms with Crippen molar-refractivity contribution in [2.75, 3.05) is 13.1 Å². The lowest BCUT2D eigenvalue weighted by Crippen LogP contribution is -2.45. The van der Waals surface area contributed by atoms with E-state index in [1.165, 1.54) is 6.42 Å². The van der Waals surface area contributed by atoms with Gasteiger partial charge in [0.05, 0.1) is 4.90 Å². The monoisotopic (exact) mass is 489 g/mol. The van der Waals surface area contributed by atoms with Crippen molar-refractivity contribution in [1.82, 2.24) is 9.21 Å². The van der Waals surface area contributed by atoms with Gasteiger partial charge in [-0.2, -0.15) is 9.57 Å². The predicted molar refractivity (Wildman–Crippen MR) is 103 cm³/mol. The summed E-state index contributed by atoms with van der Waals surface area (Å²) < 4.78 is 29.8. The molecule has 1 heterocycles. The van der Waals surface area contributed by atoms with Crippen molar-refractivity contribution in [3.8, 4) is 6.19 Å². The lowest BCUT2D eigenvalue weighted by molar-refractivity contribution is 0.213. The van der Waals surface area contributed by atoms with Gasteiger partial charge in [-0.1, -0.05) is 22.4 Å². The van der Waals surface area contributed by atoms with Crippen molar-refractivity contribution >= 4 is 41.9 Å². The van der Waals surface area contributed by atoms with Crippen LogP contribution in [0.15, 0.2) is 32.0 Å². The zero-order valence-electron chi connectivity index (χ0n) is 14.0. The van der Waals surface area contributed by atoms with Crippen molar-refractivity contribution in [3.05, 3.63) is 27.1 Å². The van der Waals surface area contributed by atoms with Gasteiger partial charge in [0.15, 0.2) is 6.19 Å². The van der Waals surface area contributed by atoms with Crippen molar-refractivity contribution in [1.29, 1.82) is 5.26 Å². The van der Waals surface area contributed by atoms with Crippen LogP contribution in [0.4, 0.5) is 0 Å². The first-order valence-electron chi connectivity index (χ1n) is 8.46. The topological polar surface area (TPSA) is 64.4 Å². The molecule has 25 heavy (non-hydrogen) atoms. The maximum atomic E-state index is 13.4. The highest BCUT2D eigenvalue weighted by atomic mass is 79.9. The predicted octanol–water partition coefficient (Wildman–Crippen LogP) is 3.95. The van der Waals surface area contributed by atoms with Crippen molar-refractivity contribution < 1.29 is 8.42 Å². The summed E-state index contributed by atoms with van der Waals surface area (Å²) in [5, 5.41) is 9.27. The van der Waals surface area contributed by atoms with Crippen LogP contribution in [0.5, 0.6) is 0 Å². The summed E-state index contributed by atoms with van der Waals surface area (Å²) >= 11 is 6.76. The number of nitrogens with zero attached hydrogens (tertiary/aromatic N) is 3. The second-order valence-electron chi connectivity index (χ2n) is 6.94. The smallest absolute Gasteiger partial charge is 0.244 e. The number of nitriles is 1. The molecule has 1 aromatic rings. The number of hydrogen-bond acceptors (Lipinski definition) is 4. The van der Waals surface area contributed by atoms with E-state index < -0.39 is 10.0 Å².